The molecular formula is C8H14N2O5S. The van der Waals surface area contributed by atoms with E-state index in [1.54, 1.807) is 0 Å². The standard InChI is InChI=1S/C8H14N2O5S/c9-4-7(11)10-1-2-16(14,15)5-6(10)3-8(12)13/h6H,1-5,9H2,(H,12,13). The second-order valence-corrected chi connectivity index (χ2v) is 5.89. The molecule has 3 N–H and O–H groups in total. The summed E-state index contributed by atoms with van der Waals surface area (Å²) in [6.45, 7) is -0.216. The van der Waals surface area contributed by atoms with Crippen LogP contribution in [0.1, 0.15) is 6.42 Å². The number of aliphatic carboxylic acids is 1. The molecule has 1 fully saturated rings. The smallest absolute Gasteiger partial charge is 0.305 e. The molecule has 7 nitrogen and oxygen atoms in total. The molecule has 1 unspecified atom stereocenters. The molecular weight excluding hydrogens is 236 g/mol. The highest BCUT2D eigenvalue weighted by molar-refractivity contribution is 7.91. The van der Waals surface area contributed by atoms with Crippen LogP contribution in [0.25, 0.3) is 0 Å². The van der Waals surface area contributed by atoms with Gasteiger partial charge in [0, 0.05) is 6.54 Å². The highest BCUT2D eigenvalue weighted by Crippen LogP contribution is 2.14. The molecule has 1 aliphatic rings. The summed E-state index contributed by atoms with van der Waals surface area (Å²) in [7, 11) is -3.25. The number of carbonyl (C=O) groups is 2. The predicted octanol–water partition coefficient (Wildman–Crippen LogP) is -1.95. The zero-order valence-electron chi connectivity index (χ0n) is 8.63. The largest absolute Gasteiger partial charge is 0.481 e. The number of carbonyl (C=O) groups excluding carboxylic acids is 1. The Hall–Kier alpha value is -1.15. The molecule has 0 aromatic heterocycles. The lowest BCUT2D eigenvalue weighted by molar-refractivity contribution is -0.140. The fourth-order valence-corrected chi connectivity index (χ4v) is 3.23. The zero-order valence-corrected chi connectivity index (χ0v) is 9.44. The Balaban J connectivity index is 2.83. The van der Waals surface area contributed by atoms with Crippen LogP contribution < -0.4 is 5.73 Å². The minimum absolute atomic E-state index is 0.0241. The normalized spacial score (nSPS) is 24.1. The number of carboxylic acids is 1. The average molecular weight is 250 g/mol. The topological polar surface area (TPSA) is 118 Å². The van der Waals surface area contributed by atoms with Gasteiger partial charge in [-0.1, -0.05) is 0 Å². The summed E-state index contributed by atoms with van der Waals surface area (Å²) in [5.74, 6) is -1.97. The van der Waals surface area contributed by atoms with E-state index in [0.29, 0.717) is 0 Å². The third-order valence-corrected chi connectivity index (χ3v) is 4.13. The number of nitrogens with two attached hydrogens (primary N) is 1. The molecule has 1 aliphatic heterocycles. The van der Waals surface area contributed by atoms with E-state index >= 15 is 0 Å². The summed E-state index contributed by atoms with van der Waals surface area (Å²) in [6.07, 6.45) is -0.370. The van der Waals surface area contributed by atoms with Gasteiger partial charge in [-0.2, -0.15) is 0 Å². The summed E-state index contributed by atoms with van der Waals surface area (Å²) < 4.78 is 22.7. The number of nitrogens with zero attached hydrogens (tertiary/aromatic N) is 1. The van der Waals surface area contributed by atoms with Gasteiger partial charge in [-0.15, -0.1) is 0 Å². The SMILES string of the molecule is NCC(=O)N1CCS(=O)(=O)CC1CC(=O)O. The Morgan fingerprint density at radius 1 is 1.44 bits per heavy atom. The maximum Gasteiger partial charge on any atom is 0.305 e. The number of hydrogen-bond acceptors (Lipinski definition) is 5. The Labute approximate surface area is 93.1 Å². The van der Waals surface area contributed by atoms with Crippen LogP contribution in [0.5, 0.6) is 0 Å². The van der Waals surface area contributed by atoms with Gasteiger partial charge in [0.15, 0.2) is 9.84 Å². The fourth-order valence-electron chi connectivity index (χ4n) is 1.70. The first-order chi connectivity index (χ1) is 7.35. The second-order valence-electron chi connectivity index (χ2n) is 3.66. The number of rotatable bonds is 3. The molecule has 1 rings (SSSR count). The quantitative estimate of drug-likeness (QED) is 0.601. The van der Waals surface area contributed by atoms with Crippen LogP contribution in [0.4, 0.5) is 0 Å². The van der Waals surface area contributed by atoms with Crippen molar-refractivity contribution in [3.8, 4) is 0 Å². The van der Waals surface area contributed by atoms with Gasteiger partial charge in [0.05, 0.1) is 30.5 Å². The fraction of sp³-hybridized carbons (Fsp3) is 0.750. The van der Waals surface area contributed by atoms with Crippen molar-refractivity contribution in [3.63, 3.8) is 0 Å². The third-order valence-electron chi connectivity index (χ3n) is 2.44. The number of carboxylic acid groups (broad SMARTS) is 1. The van der Waals surface area contributed by atoms with E-state index in [1.807, 2.05) is 0 Å². The first-order valence-corrected chi connectivity index (χ1v) is 6.59. The lowest BCUT2D eigenvalue weighted by Gasteiger charge is -2.34. The van der Waals surface area contributed by atoms with Crippen molar-refractivity contribution < 1.29 is 23.1 Å². The maximum atomic E-state index is 11.4. The molecule has 92 valence electrons. The molecule has 16 heavy (non-hydrogen) atoms. The summed E-state index contributed by atoms with van der Waals surface area (Å²) in [6, 6.07) is -0.799. The zero-order chi connectivity index (χ0) is 12.3. The monoisotopic (exact) mass is 250 g/mol. The van der Waals surface area contributed by atoms with Crippen molar-refractivity contribution >= 4 is 21.7 Å². The van der Waals surface area contributed by atoms with Crippen molar-refractivity contribution in [1.29, 1.82) is 0 Å². The van der Waals surface area contributed by atoms with Crippen LogP contribution in [-0.4, -0.2) is 60.9 Å². The van der Waals surface area contributed by atoms with Gasteiger partial charge in [0.1, 0.15) is 0 Å². The van der Waals surface area contributed by atoms with Gasteiger partial charge in [-0.05, 0) is 0 Å². The van der Waals surface area contributed by atoms with Crippen LogP contribution in [0.3, 0.4) is 0 Å². The van der Waals surface area contributed by atoms with E-state index in [9.17, 15) is 18.0 Å². The summed E-state index contributed by atoms with van der Waals surface area (Å²) in [4.78, 5) is 23.2. The van der Waals surface area contributed by atoms with Crippen LogP contribution in [0, 0.1) is 0 Å². The number of hydrogen-bond donors (Lipinski definition) is 2. The highest BCUT2D eigenvalue weighted by Gasteiger charge is 2.34. The van der Waals surface area contributed by atoms with Crippen LogP contribution in [0.15, 0.2) is 0 Å². The maximum absolute atomic E-state index is 11.4. The molecule has 0 saturated carbocycles. The van der Waals surface area contributed by atoms with Crippen molar-refractivity contribution in [2.24, 2.45) is 5.73 Å². The first kappa shape index (κ1) is 12.9. The van der Waals surface area contributed by atoms with Crippen molar-refractivity contribution in [3.05, 3.63) is 0 Å². The molecule has 0 aromatic rings. The van der Waals surface area contributed by atoms with E-state index in [4.69, 9.17) is 10.8 Å². The summed E-state index contributed by atoms with van der Waals surface area (Å²) in [5, 5.41) is 8.64. The number of sulfone groups is 1. The molecule has 1 heterocycles. The Bertz CT molecular complexity index is 391. The summed E-state index contributed by atoms with van der Waals surface area (Å²) >= 11 is 0. The molecule has 0 aliphatic carbocycles. The van der Waals surface area contributed by atoms with Crippen LogP contribution in [0.2, 0.25) is 0 Å². The van der Waals surface area contributed by atoms with E-state index in [2.05, 4.69) is 0 Å². The van der Waals surface area contributed by atoms with Gasteiger partial charge < -0.3 is 15.7 Å². The molecule has 1 atom stereocenters. The van der Waals surface area contributed by atoms with Crippen LogP contribution in [-0.2, 0) is 19.4 Å². The van der Waals surface area contributed by atoms with Gasteiger partial charge in [0.2, 0.25) is 5.91 Å². The Morgan fingerprint density at radius 3 is 2.56 bits per heavy atom. The lowest BCUT2D eigenvalue weighted by atomic mass is 10.2. The van der Waals surface area contributed by atoms with Gasteiger partial charge in [0.25, 0.3) is 0 Å². The molecule has 0 spiro atoms. The van der Waals surface area contributed by atoms with E-state index < -0.39 is 27.8 Å². The van der Waals surface area contributed by atoms with Crippen LogP contribution >= 0.6 is 0 Å². The van der Waals surface area contributed by atoms with Crippen molar-refractivity contribution in [2.75, 3.05) is 24.6 Å². The van der Waals surface area contributed by atoms with Crippen molar-refractivity contribution in [1.82, 2.24) is 4.90 Å². The molecule has 0 radical (unpaired) electrons. The third kappa shape index (κ3) is 3.17. The lowest BCUT2D eigenvalue weighted by Crippen LogP contribution is -2.53. The molecule has 8 heteroatoms. The Kier molecular flexibility index (Phi) is 3.87. The van der Waals surface area contributed by atoms with E-state index in [1.165, 1.54) is 4.90 Å². The molecule has 0 bridgehead atoms. The minimum atomic E-state index is -3.25. The second kappa shape index (κ2) is 4.79. The molecule has 1 saturated heterocycles. The van der Waals surface area contributed by atoms with E-state index in [-0.39, 0.29) is 31.0 Å². The molecule has 0 aromatic carbocycles. The van der Waals surface area contributed by atoms with Gasteiger partial charge in [-0.25, -0.2) is 8.42 Å². The van der Waals surface area contributed by atoms with Crippen molar-refractivity contribution in [2.45, 2.75) is 12.5 Å². The highest BCUT2D eigenvalue weighted by atomic mass is 32.2. The predicted molar refractivity (Wildman–Crippen MR) is 55.5 cm³/mol. The minimum Gasteiger partial charge on any atom is -0.481 e. The van der Waals surface area contributed by atoms with E-state index in [0.717, 1.165) is 0 Å². The summed E-state index contributed by atoms with van der Waals surface area (Å²) in [5.41, 5.74) is 5.18. The average Bonchev–Trinajstić information content (AvgIpc) is 2.14. The first-order valence-electron chi connectivity index (χ1n) is 4.77. The number of amides is 1. The van der Waals surface area contributed by atoms with Gasteiger partial charge >= 0.3 is 5.97 Å². The molecule has 1 amide bonds. The Morgan fingerprint density at radius 2 is 2.06 bits per heavy atom. The van der Waals surface area contributed by atoms with Gasteiger partial charge in [-0.3, -0.25) is 9.59 Å².